The highest BCUT2D eigenvalue weighted by molar-refractivity contribution is 5.21. The number of hydrogen-bond acceptors (Lipinski definition) is 4. The summed E-state index contributed by atoms with van der Waals surface area (Å²) >= 11 is 0. The number of benzene rings is 1. The summed E-state index contributed by atoms with van der Waals surface area (Å²) in [4.78, 5) is 4.35. The monoisotopic (exact) mass is 245 g/mol. The van der Waals surface area contributed by atoms with Crippen molar-refractivity contribution < 1.29 is 4.52 Å². The smallest absolute Gasteiger partial charge is 0.226 e. The second-order valence-electron chi connectivity index (χ2n) is 4.48. The van der Waals surface area contributed by atoms with E-state index in [0.29, 0.717) is 12.4 Å². The van der Waals surface area contributed by atoms with E-state index in [9.17, 15) is 0 Å². The van der Waals surface area contributed by atoms with E-state index in [-0.39, 0.29) is 0 Å². The summed E-state index contributed by atoms with van der Waals surface area (Å²) in [6.07, 6.45) is 3.42. The Hall–Kier alpha value is -1.68. The molecule has 0 aliphatic rings. The minimum absolute atomic E-state index is 0.660. The van der Waals surface area contributed by atoms with Gasteiger partial charge in [-0.2, -0.15) is 4.98 Å². The van der Waals surface area contributed by atoms with Crippen molar-refractivity contribution in [3.8, 4) is 0 Å². The van der Waals surface area contributed by atoms with E-state index in [4.69, 9.17) is 10.3 Å². The van der Waals surface area contributed by atoms with Crippen LogP contribution in [0.3, 0.4) is 0 Å². The summed E-state index contributed by atoms with van der Waals surface area (Å²) in [5, 5.41) is 3.94. The van der Waals surface area contributed by atoms with Crippen LogP contribution in [0.2, 0.25) is 0 Å². The number of nitrogens with two attached hydrogens (primary N) is 1. The molecular weight excluding hydrogens is 226 g/mol. The number of rotatable bonds is 6. The molecule has 4 heteroatoms. The Morgan fingerprint density at radius 3 is 2.61 bits per heavy atom. The molecule has 1 heterocycles. The van der Waals surface area contributed by atoms with Crippen molar-refractivity contribution in [1.29, 1.82) is 0 Å². The molecule has 18 heavy (non-hydrogen) atoms. The quantitative estimate of drug-likeness (QED) is 0.846. The molecule has 4 nitrogen and oxygen atoms in total. The van der Waals surface area contributed by atoms with Crippen LogP contribution >= 0.6 is 0 Å². The molecule has 0 amide bonds. The maximum Gasteiger partial charge on any atom is 0.226 e. The van der Waals surface area contributed by atoms with E-state index in [1.165, 1.54) is 11.1 Å². The van der Waals surface area contributed by atoms with Crippen molar-refractivity contribution in [3.63, 3.8) is 0 Å². The zero-order valence-electron chi connectivity index (χ0n) is 10.7. The highest BCUT2D eigenvalue weighted by Gasteiger charge is 2.05. The third kappa shape index (κ3) is 3.67. The molecule has 0 fully saturated rings. The first-order valence-corrected chi connectivity index (χ1v) is 6.35. The third-order valence-corrected chi connectivity index (χ3v) is 2.86. The number of aromatic nitrogens is 2. The SMILES string of the molecule is Cc1ccc(CCc2nc(CCCN)no2)cc1. The number of aryl methyl sites for hydroxylation is 4. The van der Waals surface area contributed by atoms with E-state index in [2.05, 4.69) is 41.3 Å². The highest BCUT2D eigenvalue weighted by atomic mass is 16.5. The van der Waals surface area contributed by atoms with Crippen LogP contribution in [0.4, 0.5) is 0 Å². The maximum atomic E-state index is 5.44. The van der Waals surface area contributed by atoms with E-state index < -0.39 is 0 Å². The fourth-order valence-electron chi connectivity index (χ4n) is 1.76. The minimum atomic E-state index is 0.660. The van der Waals surface area contributed by atoms with Crippen LogP contribution in [-0.4, -0.2) is 16.7 Å². The molecule has 96 valence electrons. The van der Waals surface area contributed by atoms with Crippen molar-refractivity contribution in [2.45, 2.75) is 32.6 Å². The molecule has 0 atom stereocenters. The fraction of sp³-hybridized carbons (Fsp3) is 0.429. The van der Waals surface area contributed by atoms with Crippen LogP contribution in [0.15, 0.2) is 28.8 Å². The van der Waals surface area contributed by atoms with Gasteiger partial charge >= 0.3 is 0 Å². The second-order valence-corrected chi connectivity index (χ2v) is 4.48. The minimum Gasteiger partial charge on any atom is -0.339 e. The lowest BCUT2D eigenvalue weighted by Crippen LogP contribution is -2.01. The van der Waals surface area contributed by atoms with Gasteiger partial charge in [-0.3, -0.25) is 0 Å². The zero-order valence-corrected chi connectivity index (χ0v) is 10.7. The van der Waals surface area contributed by atoms with E-state index in [1.54, 1.807) is 0 Å². The predicted molar refractivity (Wildman–Crippen MR) is 70.3 cm³/mol. The molecule has 2 N–H and O–H groups in total. The van der Waals surface area contributed by atoms with Crippen LogP contribution in [0.1, 0.15) is 29.3 Å². The molecule has 0 aliphatic heterocycles. The van der Waals surface area contributed by atoms with Gasteiger partial charge in [-0.15, -0.1) is 0 Å². The Labute approximate surface area is 107 Å². The van der Waals surface area contributed by atoms with Gasteiger partial charge in [-0.25, -0.2) is 0 Å². The summed E-state index contributed by atoms with van der Waals surface area (Å²) in [5.74, 6) is 1.47. The van der Waals surface area contributed by atoms with Gasteiger partial charge < -0.3 is 10.3 Å². The van der Waals surface area contributed by atoms with Crippen molar-refractivity contribution >= 4 is 0 Å². The van der Waals surface area contributed by atoms with Gasteiger partial charge in [0.2, 0.25) is 5.89 Å². The predicted octanol–water partition coefficient (Wildman–Crippen LogP) is 2.05. The Balaban J connectivity index is 1.86. The third-order valence-electron chi connectivity index (χ3n) is 2.86. The van der Waals surface area contributed by atoms with Gasteiger partial charge in [-0.1, -0.05) is 35.0 Å². The molecule has 0 unspecified atom stereocenters. The first kappa shape index (κ1) is 12.8. The lowest BCUT2D eigenvalue weighted by molar-refractivity contribution is 0.372. The Kier molecular flexibility index (Phi) is 4.47. The summed E-state index contributed by atoms with van der Waals surface area (Å²) in [6, 6.07) is 8.52. The molecule has 0 saturated carbocycles. The summed E-state index contributed by atoms with van der Waals surface area (Å²) in [7, 11) is 0. The molecule has 2 aromatic rings. The molecule has 2 rings (SSSR count). The van der Waals surface area contributed by atoms with Gasteiger partial charge in [0.15, 0.2) is 5.82 Å². The van der Waals surface area contributed by atoms with Crippen LogP contribution in [0, 0.1) is 6.92 Å². The first-order chi connectivity index (χ1) is 8.78. The summed E-state index contributed by atoms with van der Waals surface area (Å²) in [5.41, 5.74) is 8.02. The zero-order chi connectivity index (χ0) is 12.8. The van der Waals surface area contributed by atoms with Crippen molar-refractivity contribution in [2.75, 3.05) is 6.54 Å². The van der Waals surface area contributed by atoms with Crippen LogP contribution < -0.4 is 5.73 Å². The summed E-state index contributed by atoms with van der Waals surface area (Å²) < 4.78 is 5.21. The largest absolute Gasteiger partial charge is 0.339 e. The lowest BCUT2D eigenvalue weighted by Gasteiger charge is -1.98. The summed E-state index contributed by atoms with van der Waals surface area (Å²) in [6.45, 7) is 2.75. The molecule has 0 radical (unpaired) electrons. The van der Waals surface area contributed by atoms with Gasteiger partial charge in [0, 0.05) is 12.8 Å². The average Bonchev–Trinajstić information content (AvgIpc) is 2.84. The highest BCUT2D eigenvalue weighted by Crippen LogP contribution is 2.08. The second kappa shape index (κ2) is 6.31. The van der Waals surface area contributed by atoms with Gasteiger partial charge in [0.05, 0.1) is 0 Å². The van der Waals surface area contributed by atoms with E-state index in [1.807, 2.05) is 0 Å². The van der Waals surface area contributed by atoms with Crippen LogP contribution in [-0.2, 0) is 19.3 Å². The molecule has 0 spiro atoms. The Morgan fingerprint density at radius 2 is 1.89 bits per heavy atom. The Bertz CT molecular complexity index is 476. The molecule has 0 aliphatic carbocycles. The number of nitrogens with zero attached hydrogens (tertiary/aromatic N) is 2. The standard InChI is InChI=1S/C14H19N3O/c1-11-4-6-12(7-5-11)8-9-14-16-13(17-18-14)3-2-10-15/h4-7H,2-3,8-10,15H2,1H3. The first-order valence-electron chi connectivity index (χ1n) is 6.35. The van der Waals surface area contributed by atoms with E-state index in [0.717, 1.165) is 31.5 Å². The average molecular weight is 245 g/mol. The van der Waals surface area contributed by atoms with Crippen molar-refractivity contribution in [2.24, 2.45) is 5.73 Å². The fourth-order valence-corrected chi connectivity index (χ4v) is 1.76. The maximum absolute atomic E-state index is 5.44. The molecular formula is C14H19N3O. The van der Waals surface area contributed by atoms with Crippen LogP contribution in [0.5, 0.6) is 0 Å². The van der Waals surface area contributed by atoms with Crippen molar-refractivity contribution in [1.82, 2.24) is 10.1 Å². The number of hydrogen-bond donors (Lipinski definition) is 1. The molecule has 1 aromatic heterocycles. The van der Waals surface area contributed by atoms with E-state index >= 15 is 0 Å². The lowest BCUT2D eigenvalue weighted by atomic mass is 10.1. The topological polar surface area (TPSA) is 64.9 Å². The molecule has 0 bridgehead atoms. The van der Waals surface area contributed by atoms with Gasteiger partial charge in [0.1, 0.15) is 0 Å². The molecule has 0 saturated heterocycles. The van der Waals surface area contributed by atoms with Gasteiger partial charge in [0.25, 0.3) is 0 Å². The van der Waals surface area contributed by atoms with Gasteiger partial charge in [-0.05, 0) is 31.9 Å². The van der Waals surface area contributed by atoms with Crippen LogP contribution in [0.25, 0.3) is 0 Å². The Morgan fingerprint density at radius 1 is 1.11 bits per heavy atom. The van der Waals surface area contributed by atoms with Crippen molar-refractivity contribution in [3.05, 3.63) is 47.1 Å². The molecule has 1 aromatic carbocycles. The normalized spacial score (nSPS) is 10.8.